The molecule has 1 aromatic rings. The lowest BCUT2D eigenvalue weighted by Gasteiger charge is -2.10. The minimum Gasteiger partial charge on any atom is -0.460 e. The Morgan fingerprint density at radius 3 is 2.63 bits per heavy atom. The van der Waals surface area contributed by atoms with E-state index in [9.17, 15) is 18.0 Å². The van der Waals surface area contributed by atoms with Crippen molar-refractivity contribution in [1.29, 1.82) is 0 Å². The number of hydrogen-bond donors (Lipinski definition) is 1. The van der Waals surface area contributed by atoms with Crippen LogP contribution in [0, 0.1) is 6.92 Å². The molecule has 4 nitrogen and oxygen atoms in total. The van der Waals surface area contributed by atoms with Crippen LogP contribution in [0.4, 0.5) is 18.9 Å². The number of carbonyl (C=O) groups excluding carboxylic acids is 1. The normalized spacial score (nSPS) is 11.4. The fourth-order valence-electron chi connectivity index (χ4n) is 1.33. The number of benzene rings is 1. The predicted octanol–water partition coefficient (Wildman–Crippen LogP) is 2.31. The molecular formula is C12H14F3NO3. The Bertz CT molecular complexity index is 446. The monoisotopic (exact) mass is 277 g/mol. The Labute approximate surface area is 108 Å². The minimum atomic E-state index is -4.38. The summed E-state index contributed by atoms with van der Waals surface area (Å²) in [5, 5.41) is 0. The van der Waals surface area contributed by atoms with Gasteiger partial charge in [-0.15, -0.1) is 0 Å². The van der Waals surface area contributed by atoms with Crippen LogP contribution < -0.4 is 5.73 Å². The van der Waals surface area contributed by atoms with Gasteiger partial charge in [0.1, 0.15) is 13.2 Å². The molecule has 0 amide bonds. The van der Waals surface area contributed by atoms with Gasteiger partial charge < -0.3 is 15.2 Å². The Kier molecular flexibility index (Phi) is 5.17. The second-order valence-corrected chi connectivity index (χ2v) is 3.82. The molecule has 0 saturated carbocycles. The van der Waals surface area contributed by atoms with Gasteiger partial charge in [0.25, 0.3) is 0 Å². The van der Waals surface area contributed by atoms with E-state index in [1.807, 2.05) is 0 Å². The molecule has 7 heteroatoms. The molecule has 19 heavy (non-hydrogen) atoms. The summed E-state index contributed by atoms with van der Waals surface area (Å²) in [5.74, 6) is -0.639. The Morgan fingerprint density at radius 2 is 2.00 bits per heavy atom. The van der Waals surface area contributed by atoms with Crippen LogP contribution in [-0.2, 0) is 9.47 Å². The van der Waals surface area contributed by atoms with E-state index in [0.29, 0.717) is 11.3 Å². The van der Waals surface area contributed by atoms with Crippen LogP contribution in [0.1, 0.15) is 15.9 Å². The molecule has 0 aromatic heterocycles. The van der Waals surface area contributed by atoms with Gasteiger partial charge in [0, 0.05) is 5.69 Å². The van der Waals surface area contributed by atoms with Gasteiger partial charge in [-0.25, -0.2) is 4.79 Å². The zero-order valence-electron chi connectivity index (χ0n) is 10.3. The highest BCUT2D eigenvalue weighted by atomic mass is 19.4. The van der Waals surface area contributed by atoms with Crippen LogP contribution in [-0.4, -0.2) is 32.0 Å². The lowest BCUT2D eigenvalue weighted by Crippen LogP contribution is -2.20. The van der Waals surface area contributed by atoms with Gasteiger partial charge in [0.15, 0.2) is 0 Å². The zero-order valence-corrected chi connectivity index (χ0v) is 10.3. The number of esters is 1. The maximum absolute atomic E-state index is 11.8. The van der Waals surface area contributed by atoms with E-state index in [2.05, 4.69) is 4.74 Å². The van der Waals surface area contributed by atoms with E-state index in [1.54, 1.807) is 19.1 Å². The van der Waals surface area contributed by atoms with Crippen molar-refractivity contribution in [3.05, 3.63) is 29.3 Å². The Balaban J connectivity index is 2.38. The number of nitrogens with two attached hydrogens (primary N) is 1. The first kappa shape index (κ1) is 15.3. The minimum absolute atomic E-state index is 0.247. The van der Waals surface area contributed by atoms with Crippen LogP contribution in [0.2, 0.25) is 0 Å². The first-order valence-electron chi connectivity index (χ1n) is 5.48. The summed E-state index contributed by atoms with van der Waals surface area (Å²) >= 11 is 0. The summed E-state index contributed by atoms with van der Waals surface area (Å²) < 4.78 is 44.4. The van der Waals surface area contributed by atoms with E-state index in [-0.39, 0.29) is 18.8 Å². The SMILES string of the molecule is Cc1c(N)cccc1C(=O)OCCOCC(F)(F)F. The maximum Gasteiger partial charge on any atom is 0.411 e. The number of hydrogen-bond acceptors (Lipinski definition) is 4. The molecule has 0 aliphatic carbocycles. The Morgan fingerprint density at radius 1 is 1.32 bits per heavy atom. The molecule has 0 heterocycles. The van der Waals surface area contributed by atoms with E-state index >= 15 is 0 Å². The van der Waals surface area contributed by atoms with Gasteiger partial charge in [-0.1, -0.05) is 6.07 Å². The highest BCUT2D eigenvalue weighted by Gasteiger charge is 2.27. The molecule has 0 saturated heterocycles. The second-order valence-electron chi connectivity index (χ2n) is 3.82. The van der Waals surface area contributed by atoms with Crippen LogP contribution >= 0.6 is 0 Å². The lowest BCUT2D eigenvalue weighted by atomic mass is 10.1. The highest BCUT2D eigenvalue weighted by molar-refractivity contribution is 5.92. The fraction of sp³-hybridized carbons (Fsp3) is 0.417. The zero-order chi connectivity index (χ0) is 14.5. The Hall–Kier alpha value is -1.76. The molecule has 1 rings (SSSR count). The lowest BCUT2D eigenvalue weighted by molar-refractivity contribution is -0.175. The van der Waals surface area contributed by atoms with Crippen LogP contribution in [0.5, 0.6) is 0 Å². The third kappa shape index (κ3) is 5.17. The summed E-state index contributed by atoms with van der Waals surface area (Å²) in [6.07, 6.45) is -4.38. The third-order valence-corrected chi connectivity index (χ3v) is 2.32. The largest absolute Gasteiger partial charge is 0.460 e. The summed E-state index contributed by atoms with van der Waals surface area (Å²) in [6.45, 7) is -0.260. The van der Waals surface area contributed by atoms with Gasteiger partial charge >= 0.3 is 12.1 Å². The van der Waals surface area contributed by atoms with E-state index in [0.717, 1.165) is 0 Å². The summed E-state index contributed by atoms with van der Waals surface area (Å²) in [4.78, 5) is 11.6. The van der Waals surface area contributed by atoms with E-state index < -0.39 is 18.8 Å². The first-order valence-corrected chi connectivity index (χ1v) is 5.48. The van der Waals surface area contributed by atoms with Crippen molar-refractivity contribution < 1.29 is 27.4 Å². The molecule has 0 aliphatic heterocycles. The predicted molar refractivity (Wildman–Crippen MR) is 62.7 cm³/mol. The van der Waals surface area contributed by atoms with Crippen molar-refractivity contribution in [2.24, 2.45) is 0 Å². The standard InChI is InChI=1S/C12H14F3NO3/c1-8-9(3-2-4-10(8)16)11(17)19-6-5-18-7-12(13,14)15/h2-4H,5-7,16H2,1H3. The van der Waals surface area contributed by atoms with Gasteiger partial charge in [-0.2, -0.15) is 13.2 Å². The molecule has 0 fully saturated rings. The molecule has 0 atom stereocenters. The molecular weight excluding hydrogens is 263 g/mol. The molecule has 0 aliphatic rings. The van der Waals surface area contributed by atoms with Gasteiger partial charge in [0.2, 0.25) is 0 Å². The smallest absolute Gasteiger partial charge is 0.411 e. The number of carbonyl (C=O) groups is 1. The van der Waals surface area contributed by atoms with Crippen LogP contribution in [0.3, 0.4) is 0 Å². The number of rotatable bonds is 5. The number of halogens is 3. The molecule has 106 valence electrons. The maximum atomic E-state index is 11.8. The number of anilines is 1. The van der Waals surface area contributed by atoms with Gasteiger partial charge in [0.05, 0.1) is 12.2 Å². The van der Waals surface area contributed by atoms with Crippen molar-refractivity contribution >= 4 is 11.7 Å². The highest BCUT2D eigenvalue weighted by Crippen LogP contribution is 2.16. The fourth-order valence-corrected chi connectivity index (χ4v) is 1.33. The van der Waals surface area contributed by atoms with E-state index in [4.69, 9.17) is 10.5 Å². The van der Waals surface area contributed by atoms with Crippen molar-refractivity contribution in [2.75, 3.05) is 25.6 Å². The topological polar surface area (TPSA) is 61.6 Å². The van der Waals surface area contributed by atoms with Crippen LogP contribution in [0.25, 0.3) is 0 Å². The molecule has 0 unspecified atom stereocenters. The van der Waals surface area contributed by atoms with Crippen molar-refractivity contribution in [2.45, 2.75) is 13.1 Å². The number of alkyl halides is 3. The summed E-state index contributed by atoms with van der Waals surface area (Å²) in [7, 11) is 0. The second kappa shape index (κ2) is 6.42. The number of nitrogen functional groups attached to an aromatic ring is 1. The first-order chi connectivity index (χ1) is 8.81. The van der Waals surface area contributed by atoms with Crippen molar-refractivity contribution in [1.82, 2.24) is 0 Å². The van der Waals surface area contributed by atoms with Gasteiger partial charge in [-0.3, -0.25) is 0 Å². The molecule has 0 radical (unpaired) electrons. The van der Waals surface area contributed by atoms with E-state index in [1.165, 1.54) is 6.07 Å². The third-order valence-electron chi connectivity index (χ3n) is 2.32. The molecule has 2 N–H and O–H groups in total. The van der Waals surface area contributed by atoms with Crippen molar-refractivity contribution in [3.63, 3.8) is 0 Å². The average molecular weight is 277 g/mol. The molecule has 1 aromatic carbocycles. The number of ether oxygens (including phenoxy) is 2. The summed E-state index contributed by atoms with van der Waals surface area (Å²) in [5.41, 5.74) is 6.93. The summed E-state index contributed by atoms with van der Waals surface area (Å²) in [6, 6.07) is 4.77. The molecule has 0 spiro atoms. The average Bonchev–Trinajstić information content (AvgIpc) is 2.30. The quantitative estimate of drug-likeness (QED) is 0.509. The molecule has 0 bridgehead atoms. The van der Waals surface area contributed by atoms with Crippen molar-refractivity contribution in [3.8, 4) is 0 Å². The van der Waals surface area contributed by atoms with Gasteiger partial charge in [-0.05, 0) is 24.6 Å². The van der Waals surface area contributed by atoms with Crippen LogP contribution in [0.15, 0.2) is 18.2 Å².